The lowest BCUT2D eigenvalue weighted by Gasteiger charge is -2.27. The molecule has 2 amide bonds. The van der Waals surface area contributed by atoms with Gasteiger partial charge in [-0.3, -0.25) is 9.59 Å². The highest BCUT2D eigenvalue weighted by Gasteiger charge is 2.29. The van der Waals surface area contributed by atoms with Crippen LogP contribution in [0.3, 0.4) is 0 Å². The summed E-state index contributed by atoms with van der Waals surface area (Å²) < 4.78 is 0. The number of nitrogens with one attached hydrogen (secondary N) is 3. The van der Waals surface area contributed by atoms with Crippen LogP contribution in [0, 0.1) is 11.8 Å². The SMILES string of the molecule is CC(NC(=O)C1CNC1)c1ccc(NC(=O)C2CC2)cc1.Cl. The highest BCUT2D eigenvalue weighted by Crippen LogP contribution is 2.30. The number of hydrogen-bond acceptors (Lipinski definition) is 3. The van der Waals surface area contributed by atoms with Gasteiger partial charge in [-0.05, 0) is 37.5 Å². The third kappa shape index (κ3) is 3.99. The van der Waals surface area contributed by atoms with Crippen LogP contribution < -0.4 is 16.0 Å². The molecule has 2 aliphatic rings. The van der Waals surface area contributed by atoms with Crippen molar-refractivity contribution in [3.8, 4) is 0 Å². The maximum absolute atomic E-state index is 11.9. The summed E-state index contributed by atoms with van der Waals surface area (Å²) >= 11 is 0. The topological polar surface area (TPSA) is 70.2 Å². The lowest BCUT2D eigenvalue weighted by molar-refractivity contribution is -0.127. The number of benzene rings is 1. The number of halogens is 1. The van der Waals surface area contributed by atoms with E-state index in [4.69, 9.17) is 0 Å². The molecule has 22 heavy (non-hydrogen) atoms. The Labute approximate surface area is 136 Å². The molecule has 0 aromatic heterocycles. The van der Waals surface area contributed by atoms with Crippen LogP contribution in [0.2, 0.25) is 0 Å². The first-order valence-corrected chi connectivity index (χ1v) is 7.55. The van der Waals surface area contributed by atoms with Gasteiger partial charge in [-0.1, -0.05) is 12.1 Å². The zero-order valence-electron chi connectivity index (χ0n) is 12.6. The van der Waals surface area contributed by atoms with Crippen molar-refractivity contribution in [2.45, 2.75) is 25.8 Å². The van der Waals surface area contributed by atoms with Crippen LogP contribution in [0.15, 0.2) is 24.3 Å². The Morgan fingerprint density at radius 1 is 1.09 bits per heavy atom. The first-order valence-electron chi connectivity index (χ1n) is 7.55. The average Bonchev–Trinajstić information content (AvgIpc) is 3.21. The number of anilines is 1. The van der Waals surface area contributed by atoms with Crippen molar-refractivity contribution in [2.75, 3.05) is 18.4 Å². The molecule has 1 aliphatic heterocycles. The van der Waals surface area contributed by atoms with Crippen molar-refractivity contribution < 1.29 is 9.59 Å². The summed E-state index contributed by atoms with van der Waals surface area (Å²) in [5, 5.41) is 9.03. The molecule has 3 N–H and O–H groups in total. The van der Waals surface area contributed by atoms with Crippen LogP contribution in [0.1, 0.15) is 31.4 Å². The van der Waals surface area contributed by atoms with Crippen molar-refractivity contribution in [1.29, 1.82) is 0 Å². The van der Waals surface area contributed by atoms with E-state index in [1.54, 1.807) is 0 Å². The van der Waals surface area contributed by atoms with E-state index >= 15 is 0 Å². The molecule has 1 aromatic carbocycles. The Kier molecular flexibility index (Phi) is 5.42. The Balaban J connectivity index is 0.00000176. The maximum Gasteiger partial charge on any atom is 0.227 e. The number of hydrogen-bond donors (Lipinski definition) is 3. The van der Waals surface area contributed by atoms with Gasteiger partial charge in [0.15, 0.2) is 0 Å². The molecule has 1 heterocycles. The van der Waals surface area contributed by atoms with Crippen molar-refractivity contribution in [1.82, 2.24) is 10.6 Å². The average molecular weight is 324 g/mol. The molecule has 1 saturated carbocycles. The minimum Gasteiger partial charge on any atom is -0.349 e. The molecular formula is C16H22ClN3O2. The van der Waals surface area contributed by atoms with E-state index in [0.29, 0.717) is 0 Å². The van der Waals surface area contributed by atoms with Crippen molar-refractivity contribution >= 4 is 29.9 Å². The lowest BCUT2D eigenvalue weighted by Crippen LogP contribution is -2.51. The van der Waals surface area contributed by atoms with Crippen LogP contribution in [0.4, 0.5) is 5.69 Å². The summed E-state index contributed by atoms with van der Waals surface area (Å²) in [6.45, 7) is 3.51. The van der Waals surface area contributed by atoms with E-state index in [1.807, 2.05) is 31.2 Å². The van der Waals surface area contributed by atoms with E-state index in [0.717, 1.165) is 37.2 Å². The summed E-state index contributed by atoms with van der Waals surface area (Å²) in [5.74, 6) is 0.525. The van der Waals surface area contributed by atoms with Crippen LogP contribution in [0.5, 0.6) is 0 Å². The molecule has 1 aromatic rings. The zero-order chi connectivity index (χ0) is 14.8. The van der Waals surface area contributed by atoms with Gasteiger partial charge in [0.25, 0.3) is 0 Å². The first kappa shape index (κ1) is 16.8. The first-order chi connectivity index (χ1) is 10.1. The molecule has 0 spiro atoms. The molecular weight excluding hydrogens is 302 g/mol. The second-order valence-electron chi connectivity index (χ2n) is 5.97. The monoisotopic (exact) mass is 323 g/mol. The second kappa shape index (κ2) is 7.11. The van der Waals surface area contributed by atoms with E-state index in [2.05, 4.69) is 16.0 Å². The summed E-state index contributed by atoms with van der Waals surface area (Å²) in [6, 6.07) is 7.66. The smallest absolute Gasteiger partial charge is 0.227 e. The molecule has 5 nitrogen and oxygen atoms in total. The van der Waals surface area contributed by atoms with Crippen LogP contribution in [-0.4, -0.2) is 24.9 Å². The van der Waals surface area contributed by atoms with Gasteiger partial charge in [-0.25, -0.2) is 0 Å². The van der Waals surface area contributed by atoms with Crippen molar-refractivity contribution in [2.24, 2.45) is 11.8 Å². The van der Waals surface area contributed by atoms with E-state index in [9.17, 15) is 9.59 Å². The predicted octanol–water partition coefficient (Wildman–Crippen LogP) is 1.85. The van der Waals surface area contributed by atoms with Crippen LogP contribution in [-0.2, 0) is 9.59 Å². The molecule has 1 saturated heterocycles. The summed E-state index contributed by atoms with van der Waals surface area (Å²) in [7, 11) is 0. The number of amides is 2. The quantitative estimate of drug-likeness (QED) is 0.774. The normalized spacial score (nSPS) is 18.6. The van der Waals surface area contributed by atoms with Crippen molar-refractivity contribution in [3.05, 3.63) is 29.8 Å². The zero-order valence-corrected chi connectivity index (χ0v) is 13.4. The molecule has 2 fully saturated rings. The highest BCUT2D eigenvalue weighted by atomic mass is 35.5. The fraction of sp³-hybridized carbons (Fsp3) is 0.500. The van der Waals surface area contributed by atoms with Gasteiger partial charge in [0.1, 0.15) is 0 Å². The molecule has 0 bridgehead atoms. The van der Waals surface area contributed by atoms with Gasteiger partial charge in [-0.2, -0.15) is 0 Å². The Bertz CT molecular complexity index is 539. The summed E-state index contributed by atoms with van der Waals surface area (Å²) in [4.78, 5) is 23.6. The standard InChI is InChI=1S/C16H21N3O2.ClH/c1-10(18-16(21)13-8-17-9-13)11-4-6-14(7-5-11)19-15(20)12-2-3-12;/h4-7,10,12-13,17H,2-3,8-9H2,1H3,(H,18,21)(H,19,20);1H. The number of carbonyl (C=O) groups excluding carboxylic acids is 2. The minimum atomic E-state index is -0.0220. The predicted molar refractivity (Wildman–Crippen MR) is 88.0 cm³/mol. The largest absolute Gasteiger partial charge is 0.349 e. The van der Waals surface area contributed by atoms with Crippen LogP contribution >= 0.6 is 12.4 Å². The van der Waals surface area contributed by atoms with Gasteiger partial charge in [0, 0.05) is 24.7 Å². The highest BCUT2D eigenvalue weighted by molar-refractivity contribution is 5.94. The number of carbonyl (C=O) groups is 2. The molecule has 1 atom stereocenters. The van der Waals surface area contributed by atoms with E-state index in [-0.39, 0.29) is 42.1 Å². The fourth-order valence-electron chi connectivity index (χ4n) is 2.33. The van der Waals surface area contributed by atoms with Gasteiger partial charge in [0.05, 0.1) is 12.0 Å². The summed E-state index contributed by atoms with van der Waals surface area (Å²) in [6.07, 6.45) is 2.01. The third-order valence-corrected chi connectivity index (χ3v) is 4.14. The van der Waals surface area contributed by atoms with Gasteiger partial charge < -0.3 is 16.0 Å². The third-order valence-electron chi connectivity index (χ3n) is 4.14. The van der Waals surface area contributed by atoms with E-state index < -0.39 is 0 Å². The van der Waals surface area contributed by atoms with E-state index in [1.165, 1.54) is 0 Å². The van der Waals surface area contributed by atoms with Gasteiger partial charge in [0.2, 0.25) is 11.8 Å². The van der Waals surface area contributed by atoms with Crippen LogP contribution in [0.25, 0.3) is 0 Å². The van der Waals surface area contributed by atoms with Gasteiger partial charge >= 0.3 is 0 Å². The Morgan fingerprint density at radius 2 is 1.73 bits per heavy atom. The molecule has 120 valence electrons. The second-order valence-corrected chi connectivity index (χ2v) is 5.97. The molecule has 1 aliphatic carbocycles. The minimum absolute atomic E-state index is 0. The number of rotatable bonds is 5. The maximum atomic E-state index is 11.9. The van der Waals surface area contributed by atoms with Crippen molar-refractivity contribution in [3.63, 3.8) is 0 Å². The Morgan fingerprint density at radius 3 is 2.23 bits per heavy atom. The molecule has 0 radical (unpaired) electrons. The molecule has 6 heteroatoms. The Hall–Kier alpha value is -1.59. The molecule has 1 unspecified atom stereocenters. The lowest BCUT2D eigenvalue weighted by atomic mass is 10.0. The molecule has 3 rings (SSSR count). The summed E-state index contributed by atoms with van der Waals surface area (Å²) in [5.41, 5.74) is 1.86. The van der Waals surface area contributed by atoms with Gasteiger partial charge in [-0.15, -0.1) is 12.4 Å². The fourth-order valence-corrected chi connectivity index (χ4v) is 2.33.